The molecule has 0 radical (unpaired) electrons. The number of nitrogens with one attached hydrogen (secondary N) is 2. The summed E-state index contributed by atoms with van der Waals surface area (Å²) in [5, 5.41) is 6.94. The van der Waals surface area contributed by atoms with Gasteiger partial charge in [0.2, 0.25) is 11.8 Å². The first kappa shape index (κ1) is 26.0. The molecule has 0 saturated heterocycles. The number of hydrogen-bond acceptors (Lipinski definition) is 4. The van der Waals surface area contributed by atoms with Gasteiger partial charge in [-0.15, -0.1) is 0 Å². The van der Waals surface area contributed by atoms with Crippen LogP contribution in [0.4, 0.5) is 5.69 Å². The average Bonchev–Trinajstić information content (AvgIpc) is 3.12. The van der Waals surface area contributed by atoms with Gasteiger partial charge in [-0.25, -0.2) is 0 Å². The Labute approximate surface area is 213 Å². The maximum Gasteiger partial charge on any atom is 0.273 e. The number of ether oxygens (including phenoxy) is 1. The number of amides is 3. The van der Waals surface area contributed by atoms with Gasteiger partial charge in [0.15, 0.2) is 0 Å². The van der Waals surface area contributed by atoms with E-state index in [1.807, 2.05) is 29.7 Å². The number of methoxy groups -OCH3 is 1. The molecule has 1 fully saturated rings. The Kier molecular flexibility index (Phi) is 7.91. The van der Waals surface area contributed by atoms with E-state index in [4.69, 9.17) is 4.74 Å². The van der Waals surface area contributed by atoms with Crippen LogP contribution in [0.15, 0.2) is 18.2 Å². The molecular weight excluding hydrogens is 456 g/mol. The van der Waals surface area contributed by atoms with Crippen LogP contribution < -0.4 is 15.4 Å². The predicted molar refractivity (Wildman–Crippen MR) is 141 cm³/mol. The lowest BCUT2D eigenvalue weighted by Gasteiger charge is -2.45. The minimum atomic E-state index is -1.04. The number of carbonyl (C=O) groups excluding carboxylic acids is 3. The monoisotopic (exact) mass is 496 g/mol. The molecule has 1 atom stereocenters. The number of fused-ring (bicyclic) bond motifs is 3. The second kappa shape index (κ2) is 10.9. The summed E-state index contributed by atoms with van der Waals surface area (Å²) in [5.41, 5.74) is 0.648. The van der Waals surface area contributed by atoms with Crippen molar-refractivity contribution in [2.24, 2.45) is 0 Å². The van der Waals surface area contributed by atoms with E-state index in [0.717, 1.165) is 49.4 Å². The normalized spacial score (nSPS) is 21.0. The number of nitrogens with zero attached hydrogens (tertiary/aromatic N) is 2. The van der Waals surface area contributed by atoms with Gasteiger partial charge in [0.25, 0.3) is 5.91 Å². The van der Waals surface area contributed by atoms with Crippen molar-refractivity contribution in [3.63, 3.8) is 0 Å². The molecule has 2 heterocycles. The Morgan fingerprint density at radius 3 is 2.47 bits per heavy atom. The number of unbranched alkanes of at least 4 members (excludes halogenated alkanes) is 1. The first-order valence-electron chi connectivity index (χ1n) is 13.4. The highest BCUT2D eigenvalue weighted by Crippen LogP contribution is 2.40. The highest BCUT2D eigenvalue weighted by Gasteiger charge is 2.49. The van der Waals surface area contributed by atoms with E-state index in [-0.39, 0.29) is 23.8 Å². The lowest BCUT2D eigenvalue weighted by Crippen LogP contribution is -2.65. The van der Waals surface area contributed by atoms with E-state index in [9.17, 15) is 14.4 Å². The van der Waals surface area contributed by atoms with E-state index in [0.29, 0.717) is 30.2 Å². The van der Waals surface area contributed by atoms with Crippen LogP contribution in [-0.2, 0) is 16.1 Å². The Morgan fingerprint density at radius 2 is 1.83 bits per heavy atom. The van der Waals surface area contributed by atoms with Gasteiger partial charge < -0.3 is 24.8 Å². The molecular formula is C28H40N4O4. The maximum atomic E-state index is 14.1. The van der Waals surface area contributed by atoms with Crippen molar-refractivity contribution < 1.29 is 19.1 Å². The van der Waals surface area contributed by atoms with Crippen molar-refractivity contribution in [3.8, 4) is 5.75 Å². The lowest BCUT2D eigenvalue weighted by molar-refractivity contribution is -0.133. The number of anilines is 1. The van der Waals surface area contributed by atoms with Crippen molar-refractivity contribution in [2.45, 2.75) is 96.7 Å². The van der Waals surface area contributed by atoms with Crippen LogP contribution in [-0.4, -0.2) is 52.4 Å². The van der Waals surface area contributed by atoms with E-state index in [1.165, 1.54) is 26.2 Å². The van der Waals surface area contributed by atoms with Crippen molar-refractivity contribution in [3.05, 3.63) is 23.9 Å². The molecule has 2 N–H and O–H groups in total. The van der Waals surface area contributed by atoms with Crippen LogP contribution >= 0.6 is 0 Å². The molecule has 0 bridgehead atoms. The third-order valence-electron chi connectivity index (χ3n) is 7.75. The molecule has 2 aliphatic rings. The van der Waals surface area contributed by atoms with Gasteiger partial charge >= 0.3 is 0 Å². The van der Waals surface area contributed by atoms with Crippen molar-refractivity contribution in [1.82, 2.24) is 14.8 Å². The third-order valence-corrected chi connectivity index (χ3v) is 7.75. The molecule has 8 heteroatoms. The summed E-state index contributed by atoms with van der Waals surface area (Å²) in [6, 6.07) is 5.71. The van der Waals surface area contributed by atoms with E-state index in [2.05, 4.69) is 17.6 Å². The minimum Gasteiger partial charge on any atom is -0.497 e. The van der Waals surface area contributed by atoms with Gasteiger partial charge in [-0.1, -0.05) is 45.4 Å². The fourth-order valence-corrected chi connectivity index (χ4v) is 5.70. The molecule has 2 aromatic rings. The Hall–Kier alpha value is -3.03. The summed E-state index contributed by atoms with van der Waals surface area (Å²) in [7, 11) is 1.59. The Balaban J connectivity index is 1.78. The molecule has 0 spiro atoms. The zero-order valence-electron chi connectivity index (χ0n) is 22.1. The van der Waals surface area contributed by atoms with Crippen LogP contribution in [0.5, 0.6) is 5.75 Å². The van der Waals surface area contributed by atoms with Crippen LogP contribution in [0.2, 0.25) is 0 Å². The van der Waals surface area contributed by atoms with Crippen molar-refractivity contribution >= 4 is 34.3 Å². The fraction of sp³-hybridized carbons (Fsp3) is 0.607. The van der Waals surface area contributed by atoms with E-state index >= 15 is 0 Å². The molecule has 4 rings (SSSR count). The van der Waals surface area contributed by atoms with Gasteiger partial charge in [-0.3, -0.25) is 14.4 Å². The quantitative estimate of drug-likeness (QED) is 0.573. The predicted octanol–water partition coefficient (Wildman–Crippen LogP) is 4.85. The summed E-state index contributed by atoms with van der Waals surface area (Å²) in [4.78, 5) is 41.9. The number of carbonyl (C=O) groups is 3. The third kappa shape index (κ3) is 4.95. The molecule has 0 unspecified atom stereocenters. The Bertz CT molecular complexity index is 1130. The average molecular weight is 497 g/mol. The molecule has 1 aliphatic carbocycles. The molecule has 3 amide bonds. The van der Waals surface area contributed by atoms with Crippen LogP contribution in [0.3, 0.4) is 0 Å². The zero-order valence-corrected chi connectivity index (χ0v) is 22.1. The first-order chi connectivity index (χ1) is 17.3. The first-order valence-corrected chi connectivity index (χ1v) is 13.4. The second-order valence-corrected chi connectivity index (χ2v) is 10.5. The second-order valence-electron chi connectivity index (χ2n) is 10.5. The van der Waals surface area contributed by atoms with E-state index < -0.39 is 5.54 Å². The zero-order chi connectivity index (χ0) is 25.9. The van der Waals surface area contributed by atoms with Crippen LogP contribution in [0, 0.1) is 0 Å². The standard InChI is InChI=1S/C28H40N4O4/c1-5-6-16-32-26(34)25-24(29-19(2)33)22-17-21(36-4)14-15-23(22)31(25)18-28(32,3)27(35)30-20-12-10-8-7-9-11-13-20/h14-15,17,20H,5-13,16,18H2,1-4H3,(H,29,33)(H,30,35)/t28-/m1/s1. The highest BCUT2D eigenvalue weighted by atomic mass is 16.5. The molecule has 1 aromatic carbocycles. The largest absolute Gasteiger partial charge is 0.497 e. The van der Waals surface area contributed by atoms with E-state index in [1.54, 1.807) is 12.0 Å². The summed E-state index contributed by atoms with van der Waals surface area (Å²) in [6.07, 6.45) is 9.58. The van der Waals surface area contributed by atoms with Crippen molar-refractivity contribution in [1.29, 1.82) is 0 Å². The summed E-state index contributed by atoms with van der Waals surface area (Å²) in [5.74, 6) is 0.0528. The van der Waals surface area contributed by atoms with Crippen LogP contribution in [0.1, 0.15) is 89.0 Å². The number of hydrogen-bond donors (Lipinski definition) is 2. The van der Waals surface area contributed by atoms with Gasteiger partial charge in [0.1, 0.15) is 17.0 Å². The molecule has 196 valence electrons. The molecule has 1 aromatic heterocycles. The molecule has 8 nitrogen and oxygen atoms in total. The Morgan fingerprint density at radius 1 is 1.14 bits per heavy atom. The lowest BCUT2D eigenvalue weighted by atomic mass is 9.91. The topological polar surface area (TPSA) is 92.7 Å². The summed E-state index contributed by atoms with van der Waals surface area (Å²) in [6.45, 7) is 6.19. The summed E-state index contributed by atoms with van der Waals surface area (Å²) < 4.78 is 7.32. The molecule has 1 aliphatic heterocycles. The maximum absolute atomic E-state index is 14.1. The fourth-order valence-electron chi connectivity index (χ4n) is 5.70. The van der Waals surface area contributed by atoms with Gasteiger partial charge in [0.05, 0.1) is 24.9 Å². The number of aromatic nitrogens is 1. The van der Waals surface area contributed by atoms with Gasteiger partial charge in [-0.05, 0) is 44.4 Å². The minimum absolute atomic E-state index is 0.0976. The molecule has 1 saturated carbocycles. The van der Waals surface area contributed by atoms with Gasteiger partial charge in [0, 0.05) is 24.9 Å². The number of benzene rings is 1. The number of rotatable bonds is 7. The van der Waals surface area contributed by atoms with Crippen molar-refractivity contribution in [2.75, 3.05) is 19.0 Å². The summed E-state index contributed by atoms with van der Waals surface area (Å²) >= 11 is 0. The van der Waals surface area contributed by atoms with Crippen LogP contribution in [0.25, 0.3) is 10.9 Å². The molecule has 36 heavy (non-hydrogen) atoms. The smallest absolute Gasteiger partial charge is 0.273 e. The van der Waals surface area contributed by atoms with Gasteiger partial charge in [-0.2, -0.15) is 0 Å². The highest BCUT2D eigenvalue weighted by molar-refractivity contribution is 6.14. The SMILES string of the molecule is CCCCN1C(=O)c2c(NC(C)=O)c3cc(OC)ccc3n2C[C@]1(C)C(=O)NC1CCCCCCC1.